The molecule has 0 aliphatic rings. The molecule has 14 heavy (non-hydrogen) atoms. The number of aliphatic hydroxyl groups is 1. The molecule has 76 valence electrons. The van der Waals surface area contributed by atoms with Crippen molar-refractivity contribution in [1.82, 2.24) is 4.90 Å². The molecule has 0 spiro atoms. The Labute approximate surface area is 81.6 Å². The van der Waals surface area contributed by atoms with Crippen LogP contribution >= 0.6 is 0 Å². The molecule has 2 N–H and O–H groups in total. The number of nitriles is 2. The lowest BCUT2D eigenvalue weighted by Gasteiger charge is -2.24. The summed E-state index contributed by atoms with van der Waals surface area (Å²) in [5.74, 6) is -1.38. The molecule has 1 unspecified atom stereocenters. The number of hydrogen-bond acceptors (Lipinski definition) is 5. The van der Waals surface area contributed by atoms with E-state index in [1.165, 1.54) is 4.90 Å². The Kier molecular flexibility index (Phi) is 4.57. The Hall–Kier alpha value is -1.63. The first-order chi connectivity index (χ1) is 6.44. The summed E-state index contributed by atoms with van der Waals surface area (Å²) in [5, 5.41) is 34.7. The van der Waals surface area contributed by atoms with Crippen molar-refractivity contribution in [1.29, 1.82) is 10.5 Å². The van der Waals surface area contributed by atoms with Crippen molar-refractivity contribution in [3.63, 3.8) is 0 Å². The maximum Gasteiger partial charge on any atom is 0.336 e. The van der Waals surface area contributed by atoms with Crippen LogP contribution in [0.3, 0.4) is 0 Å². The number of hydrogen-bond donors (Lipinski definition) is 2. The quantitative estimate of drug-likeness (QED) is 0.557. The zero-order chi connectivity index (χ0) is 11.2. The fourth-order valence-electron chi connectivity index (χ4n) is 0.871. The van der Waals surface area contributed by atoms with Gasteiger partial charge >= 0.3 is 5.97 Å². The molecular weight excluding hydrogens is 186 g/mol. The highest BCUT2D eigenvalue weighted by Crippen LogP contribution is 2.06. The zero-order valence-corrected chi connectivity index (χ0v) is 7.77. The highest BCUT2D eigenvalue weighted by Gasteiger charge is 2.32. The van der Waals surface area contributed by atoms with E-state index in [4.69, 9.17) is 15.6 Å². The van der Waals surface area contributed by atoms with Gasteiger partial charge in [-0.2, -0.15) is 10.5 Å². The van der Waals surface area contributed by atoms with Gasteiger partial charge in [0, 0.05) is 6.54 Å². The van der Waals surface area contributed by atoms with E-state index in [2.05, 4.69) is 0 Å². The van der Waals surface area contributed by atoms with Crippen LogP contribution < -0.4 is 0 Å². The molecule has 0 saturated carbocycles. The summed E-state index contributed by atoms with van der Waals surface area (Å²) in [7, 11) is 0. The number of carboxylic acids is 1. The number of carboxylic acid groups (broad SMARTS) is 1. The van der Waals surface area contributed by atoms with E-state index in [1.54, 1.807) is 12.1 Å². The van der Waals surface area contributed by atoms with Gasteiger partial charge in [-0.3, -0.25) is 4.90 Å². The smallest absolute Gasteiger partial charge is 0.336 e. The van der Waals surface area contributed by atoms with Crippen LogP contribution in [0.4, 0.5) is 0 Å². The standard InChI is InChI=1S/C8H11N3O3/c1-8(14,7(12)13)6-11(4-2-9)5-3-10/h14H,4-6H2,1H3,(H,12,13). The molecule has 6 heteroatoms. The van der Waals surface area contributed by atoms with Gasteiger partial charge in [0.1, 0.15) is 0 Å². The van der Waals surface area contributed by atoms with E-state index in [-0.39, 0.29) is 19.6 Å². The third-order valence-corrected chi connectivity index (χ3v) is 1.58. The molecule has 0 aliphatic heterocycles. The van der Waals surface area contributed by atoms with Crippen LogP contribution in [-0.2, 0) is 4.79 Å². The van der Waals surface area contributed by atoms with Crippen LogP contribution in [0.5, 0.6) is 0 Å². The van der Waals surface area contributed by atoms with Crippen LogP contribution in [-0.4, -0.2) is 46.3 Å². The van der Waals surface area contributed by atoms with Crippen molar-refractivity contribution < 1.29 is 15.0 Å². The average Bonchev–Trinajstić information content (AvgIpc) is 2.04. The molecule has 0 aromatic carbocycles. The largest absolute Gasteiger partial charge is 0.479 e. The van der Waals surface area contributed by atoms with Crippen LogP contribution in [0.1, 0.15) is 6.92 Å². The van der Waals surface area contributed by atoms with Crippen molar-refractivity contribution in [2.75, 3.05) is 19.6 Å². The Morgan fingerprint density at radius 3 is 2.14 bits per heavy atom. The third kappa shape index (κ3) is 3.85. The van der Waals surface area contributed by atoms with Crippen molar-refractivity contribution >= 4 is 5.97 Å². The van der Waals surface area contributed by atoms with Gasteiger partial charge in [0.25, 0.3) is 0 Å². The van der Waals surface area contributed by atoms with Gasteiger partial charge < -0.3 is 10.2 Å². The van der Waals surface area contributed by atoms with Gasteiger partial charge in [-0.05, 0) is 6.92 Å². The molecule has 0 amide bonds. The van der Waals surface area contributed by atoms with Crippen LogP contribution in [0.2, 0.25) is 0 Å². The second-order valence-electron chi connectivity index (χ2n) is 3.04. The molecule has 0 heterocycles. The van der Waals surface area contributed by atoms with Gasteiger partial charge in [-0.25, -0.2) is 4.79 Å². The molecule has 0 fully saturated rings. The summed E-state index contributed by atoms with van der Waals surface area (Å²) in [6.07, 6.45) is 0. The monoisotopic (exact) mass is 197 g/mol. The van der Waals surface area contributed by atoms with E-state index in [0.717, 1.165) is 6.92 Å². The SMILES string of the molecule is CC(O)(CN(CC#N)CC#N)C(=O)O. The van der Waals surface area contributed by atoms with Gasteiger partial charge in [-0.15, -0.1) is 0 Å². The van der Waals surface area contributed by atoms with Crippen LogP contribution in [0, 0.1) is 22.7 Å². The minimum atomic E-state index is -1.94. The first-order valence-electron chi connectivity index (χ1n) is 3.86. The first kappa shape index (κ1) is 12.4. The summed E-state index contributed by atoms with van der Waals surface area (Å²) in [5.41, 5.74) is -1.94. The summed E-state index contributed by atoms with van der Waals surface area (Å²) in [6.45, 7) is 0.703. The summed E-state index contributed by atoms with van der Waals surface area (Å²) in [4.78, 5) is 11.8. The number of rotatable bonds is 5. The molecule has 0 bridgehead atoms. The number of aliphatic carboxylic acids is 1. The van der Waals surface area contributed by atoms with Crippen molar-refractivity contribution in [2.24, 2.45) is 0 Å². The summed E-state index contributed by atoms with van der Waals surface area (Å²) < 4.78 is 0. The molecule has 0 aromatic rings. The Bertz CT molecular complexity index is 271. The molecule has 0 saturated heterocycles. The predicted molar refractivity (Wildman–Crippen MR) is 45.9 cm³/mol. The van der Waals surface area contributed by atoms with Gasteiger partial charge in [0.2, 0.25) is 0 Å². The fraction of sp³-hybridized carbons (Fsp3) is 0.625. The predicted octanol–water partition coefficient (Wildman–Crippen LogP) is -0.829. The maximum atomic E-state index is 10.5. The number of nitrogens with zero attached hydrogens (tertiary/aromatic N) is 3. The first-order valence-corrected chi connectivity index (χ1v) is 3.86. The van der Waals surface area contributed by atoms with Crippen LogP contribution in [0.15, 0.2) is 0 Å². The van der Waals surface area contributed by atoms with Gasteiger partial charge in [0.05, 0.1) is 25.2 Å². The van der Waals surface area contributed by atoms with E-state index in [0.29, 0.717) is 0 Å². The molecular formula is C8H11N3O3. The Balaban J connectivity index is 4.38. The topological polar surface area (TPSA) is 108 Å². The molecule has 0 aromatic heterocycles. The van der Waals surface area contributed by atoms with E-state index < -0.39 is 11.6 Å². The lowest BCUT2D eigenvalue weighted by Crippen LogP contribution is -2.47. The molecule has 0 rings (SSSR count). The van der Waals surface area contributed by atoms with E-state index in [1.807, 2.05) is 0 Å². The maximum absolute atomic E-state index is 10.5. The lowest BCUT2D eigenvalue weighted by molar-refractivity contribution is -0.158. The van der Waals surface area contributed by atoms with Gasteiger partial charge in [0.15, 0.2) is 5.60 Å². The third-order valence-electron chi connectivity index (χ3n) is 1.58. The molecule has 0 aliphatic carbocycles. The normalized spacial score (nSPS) is 14.1. The highest BCUT2D eigenvalue weighted by atomic mass is 16.4. The fourth-order valence-corrected chi connectivity index (χ4v) is 0.871. The number of carbonyl (C=O) groups is 1. The van der Waals surface area contributed by atoms with Crippen molar-refractivity contribution in [2.45, 2.75) is 12.5 Å². The van der Waals surface area contributed by atoms with E-state index in [9.17, 15) is 9.90 Å². The zero-order valence-electron chi connectivity index (χ0n) is 7.77. The molecule has 1 atom stereocenters. The summed E-state index contributed by atoms with van der Waals surface area (Å²) in [6, 6.07) is 3.57. The molecule has 6 nitrogen and oxygen atoms in total. The van der Waals surface area contributed by atoms with Crippen molar-refractivity contribution in [3.8, 4) is 12.1 Å². The lowest BCUT2D eigenvalue weighted by atomic mass is 10.1. The Morgan fingerprint density at radius 1 is 1.43 bits per heavy atom. The molecule has 0 radical (unpaired) electrons. The van der Waals surface area contributed by atoms with Gasteiger partial charge in [-0.1, -0.05) is 0 Å². The minimum absolute atomic E-state index is 0.0863. The minimum Gasteiger partial charge on any atom is -0.479 e. The van der Waals surface area contributed by atoms with Crippen molar-refractivity contribution in [3.05, 3.63) is 0 Å². The second-order valence-corrected chi connectivity index (χ2v) is 3.04. The second kappa shape index (κ2) is 5.18. The van der Waals surface area contributed by atoms with Crippen LogP contribution in [0.25, 0.3) is 0 Å². The highest BCUT2D eigenvalue weighted by molar-refractivity contribution is 5.76. The van der Waals surface area contributed by atoms with E-state index >= 15 is 0 Å². The summed E-state index contributed by atoms with van der Waals surface area (Å²) >= 11 is 0. The average molecular weight is 197 g/mol. The Morgan fingerprint density at radius 2 is 1.86 bits per heavy atom.